The fourth-order valence-corrected chi connectivity index (χ4v) is 6.59. The van der Waals surface area contributed by atoms with E-state index in [0.717, 1.165) is 80.1 Å². The average molecular weight is 591 g/mol. The molecule has 6 atom stereocenters. The number of piperidine rings is 2. The Bertz CT molecular complexity index is 1280. The van der Waals surface area contributed by atoms with Gasteiger partial charge in [-0.1, -0.05) is 0 Å². The molecule has 0 radical (unpaired) electrons. The fraction of sp³-hybridized carbons (Fsp3) is 0.667. The molecule has 4 unspecified atom stereocenters. The number of anilines is 2. The molecule has 6 fully saturated rings. The molecule has 0 bridgehead atoms. The van der Waals surface area contributed by atoms with Crippen molar-refractivity contribution in [1.82, 2.24) is 20.2 Å². The van der Waals surface area contributed by atoms with Gasteiger partial charge in [-0.25, -0.2) is 4.79 Å². The van der Waals surface area contributed by atoms with Gasteiger partial charge < -0.3 is 34.2 Å². The molecule has 2 aromatic rings. The lowest BCUT2D eigenvalue weighted by atomic mass is 10.1. The Morgan fingerprint density at radius 1 is 0.837 bits per heavy atom. The van der Waals surface area contributed by atoms with Crippen LogP contribution in [0.1, 0.15) is 46.5 Å². The monoisotopic (exact) mass is 590 g/mol. The van der Waals surface area contributed by atoms with Crippen LogP contribution in [-0.2, 0) is 4.74 Å². The van der Waals surface area contributed by atoms with Gasteiger partial charge in [0.1, 0.15) is 30.3 Å². The van der Waals surface area contributed by atoms with E-state index in [1.807, 2.05) is 39.4 Å². The van der Waals surface area contributed by atoms with E-state index in [2.05, 4.69) is 37.2 Å². The number of rotatable bonds is 8. The molecule has 2 aliphatic carbocycles. The minimum absolute atomic E-state index is 0.0814. The normalized spacial score (nSPS) is 29.8. The second kappa shape index (κ2) is 11.7. The van der Waals surface area contributed by atoms with Crippen molar-refractivity contribution in [3.8, 4) is 11.5 Å². The first kappa shape index (κ1) is 28.5. The number of hydrogen-bond acceptors (Lipinski definition) is 9. The Morgan fingerprint density at radius 3 is 1.81 bits per heavy atom. The molecule has 10 heteroatoms. The first-order valence-corrected chi connectivity index (χ1v) is 16.2. The van der Waals surface area contributed by atoms with Gasteiger partial charge in [0.15, 0.2) is 0 Å². The molecule has 10 nitrogen and oxygen atoms in total. The van der Waals surface area contributed by atoms with Gasteiger partial charge in [-0.3, -0.25) is 9.97 Å². The molecular weight excluding hydrogens is 544 g/mol. The Hall–Kier alpha value is -3.27. The van der Waals surface area contributed by atoms with E-state index in [1.165, 1.54) is 38.0 Å². The number of nitrogens with zero attached hydrogens (tertiary/aromatic N) is 5. The average Bonchev–Trinajstić information content (AvgIpc) is 3.77. The van der Waals surface area contributed by atoms with Crippen molar-refractivity contribution in [1.29, 1.82) is 0 Å². The molecule has 6 heterocycles. The molecule has 232 valence electrons. The van der Waals surface area contributed by atoms with Gasteiger partial charge in [0.05, 0.1) is 42.2 Å². The predicted molar refractivity (Wildman–Crippen MR) is 165 cm³/mol. The largest absolute Gasteiger partial charge is 0.490 e. The fourth-order valence-electron chi connectivity index (χ4n) is 6.59. The van der Waals surface area contributed by atoms with Crippen molar-refractivity contribution >= 4 is 17.5 Å². The van der Waals surface area contributed by atoms with Crippen molar-refractivity contribution in [3.05, 3.63) is 36.9 Å². The van der Waals surface area contributed by atoms with Crippen molar-refractivity contribution in [2.45, 2.75) is 64.1 Å². The van der Waals surface area contributed by atoms with Crippen LogP contribution in [0.5, 0.6) is 11.5 Å². The van der Waals surface area contributed by atoms with Gasteiger partial charge in [0, 0.05) is 50.9 Å². The Balaban J connectivity index is 0.000000147. The molecule has 43 heavy (non-hydrogen) atoms. The third-order valence-corrected chi connectivity index (χ3v) is 9.68. The summed E-state index contributed by atoms with van der Waals surface area (Å²) in [6.45, 7) is 13.5. The van der Waals surface area contributed by atoms with Gasteiger partial charge in [-0.15, -0.1) is 0 Å². The van der Waals surface area contributed by atoms with Crippen molar-refractivity contribution in [2.75, 3.05) is 62.3 Å². The van der Waals surface area contributed by atoms with E-state index < -0.39 is 5.60 Å². The topological polar surface area (TPSA) is 92.3 Å². The van der Waals surface area contributed by atoms with Crippen molar-refractivity contribution in [2.24, 2.45) is 23.7 Å². The molecule has 2 saturated carbocycles. The quantitative estimate of drug-likeness (QED) is 0.486. The number of likely N-dealkylation sites (tertiary alicyclic amines) is 1. The van der Waals surface area contributed by atoms with Crippen LogP contribution >= 0.6 is 0 Å². The smallest absolute Gasteiger partial charge is 0.410 e. The first-order valence-electron chi connectivity index (χ1n) is 16.2. The van der Waals surface area contributed by atoms with Gasteiger partial charge in [-0.2, -0.15) is 0 Å². The number of carbonyl (C=O) groups excluding carboxylic acids is 1. The van der Waals surface area contributed by atoms with Gasteiger partial charge in [-0.05, 0) is 76.7 Å². The van der Waals surface area contributed by atoms with Crippen LogP contribution < -0.4 is 24.6 Å². The summed E-state index contributed by atoms with van der Waals surface area (Å²) in [6.07, 6.45) is 12.2. The van der Waals surface area contributed by atoms with E-state index >= 15 is 0 Å². The summed E-state index contributed by atoms with van der Waals surface area (Å²) in [6, 6.07) is 4.82. The van der Waals surface area contributed by atoms with Crippen LogP contribution in [0, 0.1) is 23.7 Å². The molecule has 0 spiro atoms. The molecule has 1 N–H and O–H groups in total. The number of pyridine rings is 2. The lowest BCUT2D eigenvalue weighted by molar-refractivity contribution is -0.0141. The second-order valence-corrected chi connectivity index (χ2v) is 14.3. The number of nitrogens with one attached hydrogen (secondary N) is 1. The maximum Gasteiger partial charge on any atom is 0.410 e. The van der Waals surface area contributed by atoms with Crippen LogP contribution in [-0.4, -0.2) is 91.1 Å². The third-order valence-electron chi connectivity index (χ3n) is 9.68. The number of hydrogen-bond donors (Lipinski definition) is 1. The molecule has 1 amide bonds. The van der Waals surface area contributed by atoms with Crippen molar-refractivity contribution < 1.29 is 19.0 Å². The van der Waals surface area contributed by atoms with E-state index in [4.69, 9.17) is 14.2 Å². The molecule has 2 aromatic heterocycles. The van der Waals surface area contributed by atoms with Crippen LogP contribution in [0.15, 0.2) is 36.9 Å². The summed E-state index contributed by atoms with van der Waals surface area (Å²) >= 11 is 0. The summed E-state index contributed by atoms with van der Waals surface area (Å²) in [5.74, 6) is 5.36. The zero-order valence-corrected chi connectivity index (χ0v) is 25.8. The highest BCUT2D eigenvalue weighted by Crippen LogP contribution is 2.47. The minimum atomic E-state index is -0.466. The molecule has 0 aromatic carbocycles. The Morgan fingerprint density at radius 2 is 1.37 bits per heavy atom. The lowest BCUT2D eigenvalue weighted by Gasteiger charge is -2.41. The zero-order chi connectivity index (χ0) is 29.6. The van der Waals surface area contributed by atoms with Crippen molar-refractivity contribution in [3.63, 3.8) is 0 Å². The number of carbonyl (C=O) groups is 1. The number of ether oxygens (including phenoxy) is 3. The molecule has 4 saturated heterocycles. The minimum Gasteiger partial charge on any atom is -0.490 e. The molecule has 6 aliphatic rings. The molecular formula is C33H46N6O4. The molecule has 8 rings (SSSR count). The van der Waals surface area contributed by atoms with Gasteiger partial charge >= 0.3 is 6.09 Å². The maximum absolute atomic E-state index is 12.2. The van der Waals surface area contributed by atoms with Crippen LogP contribution in [0.2, 0.25) is 0 Å². The highest BCUT2D eigenvalue weighted by molar-refractivity contribution is 5.69. The van der Waals surface area contributed by atoms with E-state index in [-0.39, 0.29) is 12.1 Å². The Labute approximate surface area is 255 Å². The van der Waals surface area contributed by atoms with E-state index in [0.29, 0.717) is 12.6 Å². The lowest BCUT2D eigenvalue weighted by Crippen LogP contribution is -2.55. The van der Waals surface area contributed by atoms with Crippen LogP contribution in [0.3, 0.4) is 0 Å². The maximum atomic E-state index is 12.2. The summed E-state index contributed by atoms with van der Waals surface area (Å²) in [4.78, 5) is 27.4. The predicted octanol–water partition coefficient (Wildman–Crippen LogP) is 4.20. The summed E-state index contributed by atoms with van der Waals surface area (Å²) in [7, 11) is 0. The van der Waals surface area contributed by atoms with Crippen LogP contribution in [0.25, 0.3) is 0 Å². The summed E-state index contributed by atoms with van der Waals surface area (Å²) < 4.78 is 17.2. The zero-order valence-electron chi connectivity index (χ0n) is 25.8. The number of aromatic nitrogens is 2. The number of amides is 1. The SMILES string of the molecule is CC(C)(C)OC(=O)N1CC[C@H]1COc1cncc(N2CC3CC3C2)c1.c1ncc(N2CC3CC3C2)cc1OC[C@@H]1CCN1. The van der Waals surface area contributed by atoms with Gasteiger partial charge in [0.2, 0.25) is 0 Å². The van der Waals surface area contributed by atoms with E-state index in [9.17, 15) is 4.79 Å². The third kappa shape index (κ3) is 6.95. The van der Waals surface area contributed by atoms with Gasteiger partial charge in [0.25, 0.3) is 0 Å². The highest BCUT2D eigenvalue weighted by atomic mass is 16.6. The highest BCUT2D eigenvalue weighted by Gasteiger charge is 2.46. The van der Waals surface area contributed by atoms with E-state index in [1.54, 1.807) is 11.1 Å². The Kier molecular flexibility index (Phi) is 7.74. The summed E-state index contributed by atoms with van der Waals surface area (Å²) in [5, 5.41) is 3.34. The standard InChI is InChI=1S/C19H27N3O3.C14H19N3O/c1-19(2,3)25-18(23)22-5-4-15(22)12-24-17-7-16(8-20-9-17)21-10-13-6-14(13)11-21;1-2-16-12(1)9-18-14-4-13(5-15-6-14)17-7-10-3-11(10)8-17/h7-9,13-15H,4-6,10-12H2,1-3H3;4-6,10-12,16H,1-3,7-9H2/t13?,14?,15-;10?,11?,12-/m00/s1. The summed E-state index contributed by atoms with van der Waals surface area (Å²) in [5.41, 5.74) is 1.90. The molecule has 4 aliphatic heterocycles. The number of fused-ring (bicyclic) bond motifs is 2. The van der Waals surface area contributed by atoms with Crippen LogP contribution in [0.4, 0.5) is 16.2 Å². The second-order valence-electron chi connectivity index (χ2n) is 14.3. The first-order chi connectivity index (χ1) is 20.8.